The molecule has 8 nitrogen and oxygen atoms in total. The predicted octanol–water partition coefficient (Wildman–Crippen LogP) is 1.84. The Kier molecular flexibility index (Phi) is 3.96. The molecule has 8 heteroatoms. The number of carbonyl (C=O) groups excluding carboxylic acids is 1. The van der Waals surface area contributed by atoms with Crippen molar-refractivity contribution in [3.8, 4) is 0 Å². The molecule has 0 bridgehead atoms. The lowest BCUT2D eigenvalue weighted by molar-refractivity contribution is -0.149. The summed E-state index contributed by atoms with van der Waals surface area (Å²) < 4.78 is 16.4. The van der Waals surface area contributed by atoms with Gasteiger partial charge in [-0.1, -0.05) is 24.2 Å². The Bertz CT molecular complexity index is 892. The number of nitrogens with zero attached hydrogens (tertiary/aromatic N) is 3. The first-order chi connectivity index (χ1) is 11.1. The molecule has 0 fully saturated rings. The van der Waals surface area contributed by atoms with E-state index in [0.29, 0.717) is 23.3 Å². The largest absolute Gasteiger partial charge is 0.454 e. The van der Waals surface area contributed by atoms with Crippen LogP contribution in [-0.2, 0) is 22.6 Å². The molecule has 0 amide bonds. The second-order valence-electron chi connectivity index (χ2n) is 4.95. The number of fused-ring (bicyclic) bond motifs is 1. The van der Waals surface area contributed by atoms with Crippen molar-refractivity contribution in [2.24, 2.45) is 0 Å². The Morgan fingerprint density at radius 3 is 2.91 bits per heavy atom. The van der Waals surface area contributed by atoms with Gasteiger partial charge >= 0.3 is 11.7 Å². The lowest BCUT2D eigenvalue weighted by Gasteiger charge is -2.11. The Hall–Kier alpha value is -2.90. The highest BCUT2D eigenvalue weighted by Crippen LogP contribution is 2.17. The van der Waals surface area contributed by atoms with E-state index in [-0.39, 0.29) is 12.5 Å². The number of rotatable bonds is 5. The summed E-state index contributed by atoms with van der Waals surface area (Å²) in [6.45, 7) is 3.32. The summed E-state index contributed by atoms with van der Waals surface area (Å²) in [6, 6.07) is 6.04. The normalized spacial score (nSPS) is 12.4. The number of para-hydroxylation sites is 2. The van der Waals surface area contributed by atoms with Gasteiger partial charge in [-0.25, -0.2) is 9.59 Å². The van der Waals surface area contributed by atoms with Crippen LogP contribution in [0.25, 0.3) is 11.1 Å². The smallest absolute Gasteiger partial charge is 0.420 e. The van der Waals surface area contributed by atoms with Crippen molar-refractivity contribution in [1.82, 2.24) is 14.7 Å². The third-order valence-corrected chi connectivity index (χ3v) is 3.41. The topological polar surface area (TPSA) is 100 Å². The van der Waals surface area contributed by atoms with Gasteiger partial charge in [-0.2, -0.15) is 4.98 Å². The zero-order valence-corrected chi connectivity index (χ0v) is 12.7. The molecule has 2 aromatic heterocycles. The predicted molar refractivity (Wildman–Crippen MR) is 78.7 cm³/mol. The fraction of sp³-hybridized carbons (Fsp3) is 0.333. The summed E-state index contributed by atoms with van der Waals surface area (Å²) in [4.78, 5) is 28.2. The number of benzene rings is 1. The molecule has 120 valence electrons. The molecule has 0 aliphatic carbocycles. The minimum Gasteiger partial charge on any atom is -0.454 e. The van der Waals surface area contributed by atoms with Gasteiger partial charge in [0.15, 0.2) is 18.0 Å². The maximum absolute atomic E-state index is 12.2. The molecular weight excluding hydrogens is 302 g/mol. The van der Waals surface area contributed by atoms with Crippen LogP contribution in [0.5, 0.6) is 0 Å². The first-order valence-corrected chi connectivity index (χ1v) is 7.18. The molecule has 0 aliphatic heterocycles. The highest BCUT2D eigenvalue weighted by atomic mass is 16.6. The van der Waals surface area contributed by atoms with Crippen molar-refractivity contribution in [2.45, 2.75) is 32.9 Å². The van der Waals surface area contributed by atoms with E-state index in [1.54, 1.807) is 31.2 Å². The van der Waals surface area contributed by atoms with E-state index < -0.39 is 17.8 Å². The quantitative estimate of drug-likeness (QED) is 0.662. The fourth-order valence-electron chi connectivity index (χ4n) is 2.20. The molecule has 0 aliphatic rings. The van der Waals surface area contributed by atoms with Gasteiger partial charge in [-0.3, -0.25) is 4.57 Å². The molecule has 0 saturated carbocycles. The first-order valence-electron chi connectivity index (χ1n) is 7.18. The van der Waals surface area contributed by atoms with Crippen LogP contribution in [0, 0.1) is 0 Å². The lowest BCUT2D eigenvalue weighted by atomic mass is 10.3. The number of esters is 1. The highest BCUT2D eigenvalue weighted by Gasteiger charge is 2.23. The maximum Gasteiger partial charge on any atom is 0.420 e. The van der Waals surface area contributed by atoms with Gasteiger partial charge in [-0.15, -0.1) is 0 Å². The van der Waals surface area contributed by atoms with E-state index in [0.717, 1.165) is 0 Å². The SMILES string of the molecule is CCc1noc(COC(=O)C(C)n2c(=O)oc3ccccc32)n1. The van der Waals surface area contributed by atoms with E-state index >= 15 is 0 Å². The number of hydrogen-bond acceptors (Lipinski definition) is 7. The number of aromatic nitrogens is 3. The summed E-state index contributed by atoms with van der Waals surface area (Å²) in [5, 5.41) is 3.71. The van der Waals surface area contributed by atoms with E-state index in [1.165, 1.54) is 4.57 Å². The average molecular weight is 317 g/mol. The van der Waals surface area contributed by atoms with Crippen LogP contribution in [0.15, 0.2) is 38.0 Å². The summed E-state index contributed by atoms with van der Waals surface area (Å²) in [7, 11) is 0. The van der Waals surface area contributed by atoms with Gasteiger partial charge in [-0.05, 0) is 19.1 Å². The summed E-state index contributed by atoms with van der Waals surface area (Å²) in [5.74, 6) is -0.440. The van der Waals surface area contributed by atoms with Crippen molar-refractivity contribution in [1.29, 1.82) is 0 Å². The Balaban J connectivity index is 1.76. The molecule has 1 atom stereocenters. The third-order valence-electron chi connectivity index (χ3n) is 3.41. The first kappa shape index (κ1) is 15.0. The summed E-state index contributed by atoms with van der Waals surface area (Å²) >= 11 is 0. The minimum atomic E-state index is -0.834. The average Bonchev–Trinajstić information content (AvgIpc) is 3.14. The number of aryl methyl sites for hydroxylation is 1. The molecule has 0 N–H and O–H groups in total. The maximum atomic E-state index is 12.2. The van der Waals surface area contributed by atoms with Crippen molar-refractivity contribution < 1.29 is 18.5 Å². The van der Waals surface area contributed by atoms with Gasteiger partial charge in [0, 0.05) is 6.42 Å². The molecule has 3 aromatic rings. The minimum absolute atomic E-state index is 0.138. The second kappa shape index (κ2) is 6.07. The molecule has 1 unspecified atom stereocenters. The molecule has 0 radical (unpaired) electrons. The van der Waals surface area contributed by atoms with Crippen LogP contribution in [-0.4, -0.2) is 20.7 Å². The molecule has 1 aromatic carbocycles. The van der Waals surface area contributed by atoms with E-state index in [2.05, 4.69) is 10.1 Å². The van der Waals surface area contributed by atoms with E-state index in [1.807, 2.05) is 6.92 Å². The van der Waals surface area contributed by atoms with E-state index in [4.69, 9.17) is 13.7 Å². The third kappa shape index (κ3) is 2.87. The molecule has 0 saturated heterocycles. The Morgan fingerprint density at radius 2 is 2.17 bits per heavy atom. The van der Waals surface area contributed by atoms with E-state index in [9.17, 15) is 9.59 Å². The Morgan fingerprint density at radius 1 is 1.39 bits per heavy atom. The standard InChI is InChI=1S/C15H15N3O5/c1-3-12-16-13(23-17-12)8-21-14(19)9(2)18-10-6-4-5-7-11(10)22-15(18)20/h4-7,9H,3,8H2,1-2H3. The lowest BCUT2D eigenvalue weighted by Crippen LogP contribution is -2.26. The molecule has 2 heterocycles. The molecule has 0 spiro atoms. The van der Waals surface area contributed by atoms with Crippen molar-refractivity contribution in [3.05, 3.63) is 46.5 Å². The number of hydrogen-bond donors (Lipinski definition) is 0. The second-order valence-corrected chi connectivity index (χ2v) is 4.95. The molecule has 3 rings (SSSR count). The van der Waals surface area contributed by atoms with Crippen molar-refractivity contribution in [3.63, 3.8) is 0 Å². The van der Waals surface area contributed by atoms with Crippen molar-refractivity contribution >= 4 is 17.1 Å². The van der Waals surface area contributed by atoms with Crippen LogP contribution in [0.3, 0.4) is 0 Å². The number of carbonyl (C=O) groups is 1. The zero-order chi connectivity index (χ0) is 16.4. The van der Waals surface area contributed by atoms with Crippen LogP contribution in [0.4, 0.5) is 0 Å². The molecular formula is C15H15N3O5. The summed E-state index contributed by atoms with van der Waals surface area (Å²) in [6.07, 6.45) is 0.629. The zero-order valence-electron chi connectivity index (χ0n) is 12.7. The van der Waals surface area contributed by atoms with Crippen LogP contribution in [0.2, 0.25) is 0 Å². The fourth-order valence-corrected chi connectivity index (χ4v) is 2.20. The van der Waals surface area contributed by atoms with Crippen LogP contribution < -0.4 is 5.76 Å². The monoisotopic (exact) mass is 317 g/mol. The van der Waals surface area contributed by atoms with Gasteiger partial charge in [0.1, 0.15) is 6.04 Å². The van der Waals surface area contributed by atoms with Gasteiger partial charge < -0.3 is 13.7 Å². The van der Waals surface area contributed by atoms with Crippen LogP contribution in [0.1, 0.15) is 31.6 Å². The van der Waals surface area contributed by atoms with Gasteiger partial charge in [0.05, 0.1) is 5.52 Å². The highest BCUT2D eigenvalue weighted by molar-refractivity contribution is 5.79. The van der Waals surface area contributed by atoms with Gasteiger partial charge in [0.2, 0.25) is 0 Å². The van der Waals surface area contributed by atoms with Crippen LogP contribution >= 0.6 is 0 Å². The number of oxazole rings is 1. The van der Waals surface area contributed by atoms with Gasteiger partial charge in [0.25, 0.3) is 5.89 Å². The summed E-state index contributed by atoms with van der Waals surface area (Å²) in [5.41, 5.74) is 0.953. The Labute approximate surface area is 130 Å². The molecule has 23 heavy (non-hydrogen) atoms. The van der Waals surface area contributed by atoms with Crippen molar-refractivity contribution in [2.75, 3.05) is 0 Å². The number of ether oxygens (including phenoxy) is 1.